The second-order valence-electron chi connectivity index (χ2n) is 4.88. The number of nitrogens with zero attached hydrogens (tertiary/aromatic N) is 1. The molecule has 0 bridgehead atoms. The lowest BCUT2D eigenvalue weighted by Crippen LogP contribution is -2.24. The summed E-state index contributed by atoms with van der Waals surface area (Å²) in [6.45, 7) is 0. The number of nitro benzene ring substituents is 1. The molecule has 1 atom stereocenters. The quantitative estimate of drug-likeness (QED) is 0.662. The zero-order chi connectivity index (χ0) is 13.1. The molecule has 2 rings (SSSR count). The predicted molar refractivity (Wildman–Crippen MR) is 66.6 cm³/mol. The molecule has 2 N–H and O–H groups in total. The van der Waals surface area contributed by atoms with E-state index in [-0.39, 0.29) is 17.6 Å². The van der Waals surface area contributed by atoms with Crippen LogP contribution in [0.5, 0.6) is 0 Å². The highest BCUT2D eigenvalue weighted by molar-refractivity contribution is 5.42. The second-order valence-corrected chi connectivity index (χ2v) is 4.88. The SMILES string of the molecule is N[C@@H](c1ccc(F)cc1[N+](=O)[O-])C1CCCCC1. The van der Waals surface area contributed by atoms with E-state index in [1.54, 1.807) is 0 Å². The zero-order valence-electron chi connectivity index (χ0n) is 10.1. The van der Waals surface area contributed by atoms with Crippen LogP contribution in [0, 0.1) is 21.8 Å². The van der Waals surface area contributed by atoms with E-state index in [1.807, 2.05) is 0 Å². The van der Waals surface area contributed by atoms with Crippen LogP contribution in [0.3, 0.4) is 0 Å². The van der Waals surface area contributed by atoms with Crippen molar-refractivity contribution in [3.8, 4) is 0 Å². The summed E-state index contributed by atoms with van der Waals surface area (Å²) >= 11 is 0. The smallest absolute Gasteiger partial charge is 0.277 e. The summed E-state index contributed by atoms with van der Waals surface area (Å²) in [5.41, 5.74) is 6.38. The van der Waals surface area contributed by atoms with Crippen molar-refractivity contribution < 1.29 is 9.31 Å². The van der Waals surface area contributed by atoms with Gasteiger partial charge >= 0.3 is 0 Å². The van der Waals surface area contributed by atoms with Crippen LogP contribution in [0.4, 0.5) is 10.1 Å². The Labute approximate surface area is 105 Å². The number of benzene rings is 1. The Hall–Kier alpha value is -1.49. The molecule has 0 spiro atoms. The van der Waals surface area contributed by atoms with Crippen LogP contribution in [0.15, 0.2) is 18.2 Å². The fourth-order valence-corrected chi connectivity index (χ4v) is 2.70. The Bertz CT molecular complexity index is 445. The summed E-state index contributed by atoms with van der Waals surface area (Å²) in [6.07, 6.45) is 5.43. The number of hydrogen-bond acceptors (Lipinski definition) is 3. The fraction of sp³-hybridized carbons (Fsp3) is 0.538. The van der Waals surface area contributed by atoms with Crippen molar-refractivity contribution in [1.82, 2.24) is 0 Å². The molecule has 0 radical (unpaired) electrons. The number of hydrogen-bond donors (Lipinski definition) is 1. The molecule has 1 fully saturated rings. The molecule has 98 valence electrons. The maximum absolute atomic E-state index is 13.1. The molecular weight excluding hydrogens is 235 g/mol. The molecule has 0 saturated heterocycles. The third-order valence-electron chi connectivity index (χ3n) is 3.71. The van der Waals surface area contributed by atoms with Crippen molar-refractivity contribution in [2.45, 2.75) is 38.1 Å². The van der Waals surface area contributed by atoms with Gasteiger partial charge in [0.2, 0.25) is 0 Å². The lowest BCUT2D eigenvalue weighted by molar-refractivity contribution is -0.386. The molecular formula is C13H17FN2O2. The van der Waals surface area contributed by atoms with Crippen LogP contribution in [-0.4, -0.2) is 4.92 Å². The summed E-state index contributed by atoms with van der Waals surface area (Å²) < 4.78 is 13.1. The van der Waals surface area contributed by atoms with Gasteiger partial charge in [-0.3, -0.25) is 10.1 Å². The van der Waals surface area contributed by atoms with Gasteiger partial charge in [-0.1, -0.05) is 19.3 Å². The van der Waals surface area contributed by atoms with Gasteiger partial charge in [0.15, 0.2) is 0 Å². The Balaban J connectivity index is 2.28. The van der Waals surface area contributed by atoms with Crippen LogP contribution in [0.25, 0.3) is 0 Å². The van der Waals surface area contributed by atoms with Gasteiger partial charge in [-0.05, 0) is 30.9 Å². The summed E-state index contributed by atoms with van der Waals surface area (Å²) in [6, 6.07) is 3.28. The van der Waals surface area contributed by atoms with Gasteiger partial charge in [0.1, 0.15) is 5.82 Å². The Kier molecular flexibility index (Phi) is 3.91. The summed E-state index contributed by atoms with van der Waals surface area (Å²) in [4.78, 5) is 10.4. The maximum Gasteiger partial charge on any atom is 0.277 e. The van der Waals surface area contributed by atoms with E-state index in [0.717, 1.165) is 31.7 Å². The van der Waals surface area contributed by atoms with Crippen LogP contribution in [0.2, 0.25) is 0 Å². The molecule has 18 heavy (non-hydrogen) atoms. The molecule has 0 amide bonds. The van der Waals surface area contributed by atoms with Crippen LogP contribution in [0.1, 0.15) is 43.7 Å². The van der Waals surface area contributed by atoms with Crippen molar-refractivity contribution in [1.29, 1.82) is 0 Å². The van der Waals surface area contributed by atoms with Gasteiger partial charge < -0.3 is 5.73 Å². The minimum Gasteiger partial charge on any atom is -0.324 e. The summed E-state index contributed by atoms with van der Waals surface area (Å²) in [5, 5.41) is 10.9. The first-order valence-electron chi connectivity index (χ1n) is 6.29. The number of nitrogens with two attached hydrogens (primary N) is 1. The number of halogens is 1. The van der Waals surface area contributed by atoms with E-state index in [9.17, 15) is 14.5 Å². The molecule has 0 aliphatic heterocycles. The molecule has 1 saturated carbocycles. The number of rotatable bonds is 3. The fourth-order valence-electron chi connectivity index (χ4n) is 2.70. The zero-order valence-corrected chi connectivity index (χ0v) is 10.1. The van der Waals surface area contributed by atoms with E-state index in [2.05, 4.69) is 0 Å². The Morgan fingerprint density at radius 1 is 1.33 bits per heavy atom. The number of nitro groups is 1. The van der Waals surface area contributed by atoms with Crippen molar-refractivity contribution in [3.63, 3.8) is 0 Å². The average molecular weight is 252 g/mol. The standard InChI is InChI=1S/C13H17FN2O2/c14-10-6-7-11(12(8-10)16(17)18)13(15)9-4-2-1-3-5-9/h6-9,13H,1-5,15H2/t13-/m1/s1. The molecule has 0 unspecified atom stereocenters. The molecule has 1 aliphatic carbocycles. The first-order chi connectivity index (χ1) is 8.59. The van der Waals surface area contributed by atoms with E-state index in [0.29, 0.717) is 5.56 Å². The third-order valence-corrected chi connectivity index (χ3v) is 3.71. The highest BCUT2D eigenvalue weighted by atomic mass is 19.1. The lowest BCUT2D eigenvalue weighted by atomic mass is 9.81. The molecule has 1 aromatic carbocycles. The minimum atomic E-state index is -0.596. The maximum atomic E-state index is 13.1. The van der Waals surface area contributed by atoms with Crippen LogP contribution < -0.4 is 5.73 Å². The summed E-state index contributed by atoms with van der Waals surface area (Å²) in [5.74, 6) is -0.329. The Morgan fingerprint density at radius 3 is 2.61 bits per heavy atom. The van der Waals surface area contributed by atoms with E-state index >= 15 is 0 Å². The topological polar surface area (TPSA) is 69.2 Å². The lowest BCUT2D eigenvalue weighted by Gasteiger charge is -2.27. The van der Waals surface area contributed by atoms with E-state index in [1.165, 1.54) is 18.6 Å². The third kappa shape index (κ3) is 2.67. The van der Waals surface area contributed by atoms with Crippen molar-refractivity contribution in [2.24, 2.45) is 11.7 Å². The normalized spacial score (nSPS) is 18.6. The predicted octanol–water partition coefficient (Wildman–Crippen LogP) is 3.31. The largest absolute Gasteiger partial charge is 0.324 e. The van der Waals surface area contributed by atoms with Crippen molar-refractivity contribution in [3.05, 3.63) is 39.7 Å². The van der Waals surface area contributed by atoms with Gasteiger partial charge in [0.25, 0.3) is 5.69 Å². The van der Waals surface area contributed by atoms with Crippen molar-refractivity contribution >= 4 is 5.69 Å². The van der Waals surface area contributed by atoms with Crippen molar-refractivity contribution in [2.75, 3.05) is 0 Å². The molecule has 5 heteroatoms. The van der Waals surface area contributed by atoms with Gasteiger partial charge in [0.05, 0.1) is 11.0 Å². The van der Waals surface area contributed by atoms with Gasteiger partial charge in [-0.2, -0.15) is 0 Å². The minimum absolute atomic E-state index is 0.201. The van der Waals surface area contributed by atoms with E-state index in [4.69, 9.17) is 5.73 Å². The highest BCUT2D eigenvalue weighted by Gasteiger charge is 2.27. The molecule has 1 aliphatic rings. The van der Waals surface area contributed by atoms with Gasteiger partial charge in [-0.25, -0.2) is 4.39 Å². The first-order valence-corrected chi connectivity index (χ1v) is 6.29. The summed E-state index contributed by atoms with van der Waals surface area (Å²) in [7, 11) is 0. The average Bonchev–Trinajstić information content (AvgIpc) is 2.39. The molecule has 4 nitrogen and oxygen atoms in total. The molecule has 0 heterocycles. The Morgan fingerprint density at radius 2 is 2.00 bits per heavy atom. The van der Waals surface area contributed by atoms with Crippen LogP contribution >= 0.6 is 0 Å². The van der Waals surface area contributed by atoms with E-state index < -0.39 is 10.7 Å². The monoisotopic (exact) mass is 252 g/mol. The molecule has 1 aromatic rings. The molecule has 0 aromatic heterocycles. The van der Waals surface area contributed by atoms with Gasteiger partial charge in [-0.15, -0.1) is 0 Å². The first kappa shape index (κ1) is 13.0. The van der Waals surface area contributed by atoms with Gasteiger partial charge in [0, 0.05) is 11.6 Å². The highest BCUT2D eigenvalue weighted by Crippen LogP contribution is 2.36. The van der Waals surface area contributed by atoms with Crippen LogP contribution in [-0.2, 0) is 0 Å². The second kappa shape index (κ2) is 5.44.